The van der Waals surface area contributed by atoms with Crippen molar-refractivity contribution < 1.29 is 27.8 Å². The fourth-order valence-corrected chi connectivity index (χ4v) is 5.63. The fourth-order valence-electron chi connectivity index (χ4n) is 4.78. The summed E-state index contributed by atoms with van der Waals surface area (Å²) in [6.07, 6.45) is 1.35. The Morgan fingerprint density at radius 3 is 2.44 bits per heavy atom. The first-order valence-corrected chi connectivity index (χ1v) is 13.8. The number of ether oxygens (including phenoxy) is 2. The van der Waals surface area contributed by atoms with Crippen molar-refractivity contribution in [2.24, 2.45) is 11.5 Å². The van der Waals surface area contributed by atoms with Crippen LogP contribution in [0.3, 0.4) is 0 Å². The second-order valence-electron chi connectivity index (χ2n) is 9.63. The number of carbonyl (C=O) groups is 2. The molecule has 8 nitrogen and oxygen atoms in total. The molecule has 1 spiro atoms. The van der Waals surface area contributed by atoms with E-state index >= 15 is 0 Å². The lowest BCUT2D eigenvalue weighted by Crippen LogP contribution is -2.46. The number of rotatable bonds is 7. The molecular formula is C30H32F2N4O4S. The van der Waals surface area contributed by atoms with Gasteiger partial charge >= 0.3 is 0 Å². The Kier molecular flexibility index (Phi) is 9.53. The number of hydrogen-bond acceptors (Lipinski definition) is 7. The Morgan fingerprint density at radius 2 is 1.83 bits per heavy atom. The van der Waals surface area contributed by atoms with Gasteiger partial charge in [0.15, 0.2) is 5.79 Å². The van der Waals surface area contributed by atoms with Gasteiger partial charge in [0.2, 0.25) is 11.8 Å². The Bertz CT molecular complexity index is 1420. The lowest BCUT2D eigenvalue weighted by Gasteiger charge is -2.24. The molecule has 5 N–H and O–H groups in total. The molecule has 2 saturated heterocycles. The van der Waals surface area contributed by atoms with Crippen LogP contribution in [0.2, 0.25) is 0 Å². The van der Waals surface area contributed by atoms with E-state index in [2.05, 4.69) is 24.2 Å². The summed E-state index contributed by atoms with van der Waals surface area (Å²) in [5.41, 5.74) is 12.9. The third kappa shape index (κ3) is 7.18. The molecule has 216 valence electrons. The maximum Gasteiger partial charge on any atom is 0.243 e. The monoisotopic (exact) mass is 582 g/mol. The first-order valence-electron chi connectivity index (χ1n) is 12.9. The van der Waals surface area contributed by atoms with Crippen molar-refractivity contribution in [3.05, 3.63) is 101 Å². The first-order chi connectivity index (χ1) is 19.6. The molecule has 2 aliphatic heterocycles. The molecule has 2 aliphatic rings. The maximum atomic E-state index is 14.9. The zero-order valence-corrected chi connectivity index (χ0v) is 23.2. The summed E-state index contributed by atoms with van der Waals surface area (Å²) >= 11 is 1.45. The molecule has 5 rings (SSSR count). The summed E-state index contributed by atoms with van der Waals surface area (Å²) in [5.74, 6) is -2.62. The molecule has 41 heavy (non-hydrogen) atoms. The molecule has 2 fully saturated rings. The SMILES string of the molecule is C=C(N)c1csc(CNC(=O)C2CC3(CN2C(=O)Cc2ccc(-c4ccc(F)cc4)c(F)c2)OCCO3)c1.C=CN. The molecule has 0 bridgehead atoms. The molecule has 0 saturated carbocycles. The lowest BCUT2D eigenvalue weighted by molar-refractivity contribution is -0.152. The number of benzene rings is 2. The molecule has 1 unspecified atom stereocenters. The second-order valence-corrected chi connectivity index (χ2v) is 10.6. The highest BCUT2D eigenvalue weighted by Gasteiger charge is 2.52. The van der Waals surface area contributed by atoms with E-state index in [1.807, 2.05) is 11.4 Å². The predicted octanol–water partition coefficient (Wildman–Crippen LogP) is 3.91. The summed E-state index contributed by atoms with van der Waals surface area (Å²) in [5, 5.41) is 4.76. The van der Waals surface area contributed by atoms with E-state index in [1.54, 1.807) is 12.1 Å². The average Bonchev–Trinajstić information content (AvgIpc) is 3.69. The van der Waals surface area contributed by atoms with Gasteiger partial charge in [-0.25, -0.2) is 8.78 Å². The van der Waals surface area contributed by atoms with Crippen LogP contribution in [0.5, 0.6) is 0 Å². The van der Waals surface area contributed by atoms with Crippen molar-refractivity contribution in [3.8, 4) is 11.1 Å². The van der Waals surface area contributed by atoms with Gasteiger partial charge < -0.3 is 31.2 Å². The van der Waals surface area contributed by atoms with Crippen LogP contribution in [0.1, 0.15) is 22.4 Å². The number of likely N-dealkylation sites (tertiary alicyclic amines) is 1. The van der Waals surface area contributed by atoms with Crippen LogP contribution >= 0.6 is 11.3 Å². The number of nitrogens with two attached hydrogens (primary N) is 2. The number of thiophene rings is 1. The van der Waals surface area contributed by atoms with Crippen LogP contribution in [0.15, 0.2) is 73.3 Å². The molecule has 2 aromatic carbocycles. The quantitative estimate of drug-likeness (QED) is 0.389. The second kappa shape index (κ2) is 13.1. The predicted molar refractivity (Wildman–Crippen MR) is 154 cm³/mol. The van der Waals surface area contributed by atoms with E-state index in [0.29, 0.717) is 35.6 Å². The molecule has 1 atom stereocenters. The number of halogens is 2. The van der Waals surface area contributed by atoms with Gasteiger partial charge in [0.1, 0.15) is 17.7 Å². The number of nitrogens with one attached hydrogen (secondary N) is 1. The Balaban J connectivity index is 0.00000124. The topological polar surface area (TPSA) is 120 Å². The first kappa shape index (κ1) is 29.9. The Morgan fingerprint density at radius 1 is 1.15 bits per heavy atom. The summed E-state index contributed by atoms with van der Waals surface area (Å²) in [6, 6.07) is 11.1. The van der Waals surface area contributed by atoms with E-state index in [9.17, 15) is 18.4 Å². The summed E-state index contributed by atoms with van der Waals surface area (Å²) < 4.78 is 39.7. The van der Waals surface area contributed by atoms with Gasteiger partial charge in [-0.3, -0.25) is 9.59 Å². The van der Waals surface area contributed by atoms with Crippen molar-refractivity contribution in [2.45, 2.75) is 31.2 Å². The van der Waals surface area contributed by atoms with Crippen molar-refractivity contribution in [1.29, 1.82) is 0 Å². The van der Waals surface area contributed by atoms with Crippen LogP contribution < -0.4 is 16.8 Å². The minimum absolute atomic E-state index is 0.104. The van der Waals surface area contributed by atoms with E-state index in [0.717, 1.165) is 10.4 Å². The van der Waals surface area contributed by atoms with E-state index < -0.39 is 23.5 Å². The Labute approximate surface area is 241 Å². The normalized spacial score (nSPS) is 17.1. The highest BCUT2D eigenvalue weighted by atomic mass is 32.1. The molecule has 0 radical (unpaired) electrons. The summed E-state index contributed by atoms with van der Waals surface area (Å²) in [4.78, 5) is 28.9. The van der Waals surface area contributed by atoms with Gasteiger partial charge in [-0.1, -0.05) is 37.4 Å². The largest absolute Gasteiger partial charge is 0.405 e. The molecule has 11 heteroatoms. The lowest BCUT2D eigenvalue weighted by atomic mass is 10.0. The van der Waals surface area contributed by atoms with Crippen molar-refractivity contribution >= 4 is 28.8 Å². The van der Waals surface area contributed by atoms with Crippen LogP contribution in [-0.4, -0.2) is 48.3 Å². The van der Waals surface area contributed by atoms with E-state index in [1.165, 1.54) is 52.8 Å². The molecule has 3 aromatic rings. The van der Waals surface area contributed by atoms with Crippen LogP contribution in [-0.2, 0) is 32.0 Å². The van der Waals surface area contributed by atoms with Gasteiger partial charge in [0, 0.05) is 33.5 Å². The molecule has 0 aliphatic carbocycles. The van der Waals surface area contributed by atoms with Crippen molar-refractivity contribution in [3.63, 3.8) is 0 Å². The average molecular weight is 583 g/mol. The van der Waals surface area contributed by atoms with Gasteiger partial charge in [-0.15, -0.1) is 11.3 Å². The maximum absolute atomic E-state index is 14.9. The number of carbonyl (C=O) groups excluding carboxylic acids is 2. The number of amides is 2. The molecule has 3 heterocycles. The van der Waals surface area contributed by atoms with E-state index in [-0.39, 0.29) is 37.7 Å². The Hall–Kier alpha value is -4.06. The zero-order chi connectivity index (χ0) is 29.6. The van der Waals surface area contributed by atoms with E-state index in [4.69, 9.17) is 15.2 Å². The molecule has 1 aromatic heterocycles. The number of nitrogens with zero attached hydrogens (tertiary/aromatic N) is 1. The summed E-state index contributed by atoms with van der Waals surface area (Å²) in [6.45, 7) is 8.01. The molecule has 2 amide bonds. The smallest absolute Gasteiger partial charge is 0.243 e. The van der Waals surface area contributed by atoms with Crippen molar-refractivity contribution in [2.75, 3.05) is 19.8 Å². The van der Waals surface area contributed by atoms with Crippen LogP contribution in [0.25, 0.3) is 16.8 Å². The van der Waals surface area contributed by atoms with Gasteiger partial charge in [-0.2, -0.15) is 0 Å². The fraction of sp³-hybridized carbons (Fsp3) is 0.267. The third-order valence-electron chi connectivity index (χ3n) is 6.73. The van der Waals surface area contributed by atoms with Gasteiger partial charge in [0.25, 0.3) is 0 Å². The van der Waals surface area contributed by atoms with Crippen molar-refractivity contribution in [1.82, 2.24) is 10.2 Å². The van der Waals surface area contributed by atoms with Gasteiger partial charge in [0.05, 0.1) is 32.7 Å². The zero-order valence-electron chi connectivity index (χ0n) is 22.4. The van der Waals surface area contributed by atoms with Crippen LogP contribution in [0.4, 0.5) is 8.78 Å². The highest BCUT2D eigenvalue weighted by molar-refractivity contribution is 7.10. The third-order valence-corrected chi connectivity index (χ3v) is 7.67. The van der Waals surface area contributed by atoms with Gasteiger partial charge in [-0.05, 0) is 41.6 Å². The minimum Gasteiger partial charge on any atom is -0.405 e. The summed E-state index contributed by atoms with van der Waals surface area (Å²) in [7, 11) is 0. The van der Waals surface area contributed by atoms with Crippen LogP contribution in [0, 0.1) is 11.6 Å². The minimum atomic E-state index is -1.03. The standard InChI is InChI=1S/C28H27F2N3O4S.C2H5N/c1-17(31)20-12-22(38-15-20)14-32-27(35)25-13-28(36-8-9-37-28)16-33(25)26(34)11-18-2-7-23(24(30)10-18)19-3-5-21(29)6-4-19;1-2-3/h2-7,10,12,15,25H,1,8-9,11,13-14,16,31H2,(H,32,35);2H,1,3H2. The number of hydrogen-bond donors (Lipinski definition) is 3. The molecular weight excluding hydrogens is 550 g/mol. The highest BCUT2D eigenvalue weighted by Crippen LogP contribution is 2.35.